The molecule has 5 heteroatoms. The van der Waals surface area contributed by atoms with Crippen LogP contribution in [0.2, 0.25) is 5.02 Å². The van der Waals surface area contributed by atoms with Gasteiger partial charge < -0.3 is 9.64 Å². The maximum atomic E-state index is 11.5. The van der Waals surface area contributed by atoms with Gasteiger partial charge >= 0.3 is 5.97 Å². The maximum Gasteiger partial charge on any atom is 0.310 e. The van der Waals surface area contributed by atoms with Crippen LogP contribution < -0.4 is 0 Å². The molecule has 1 aliphatic heterocycles. The van der Waals surface area contributed by atoms with Crippen molar-refractivity contribution in [2.75, 3.05) is 39.3 Å². The van der Waals surface area contributed by atoms with E-state index in [0.29, 0.717) is 13.0 Å². The Kier molecular flexibility index (Phi) is 7.90. The van der Waals surface area contributed by atoms with Gasteiger partial charge in [0.25, 0.3) is 0 Å². The summed E-state index contributed by atoms with van der Waals surface area (Å²) in [6, 6.07) is 16.5. The number of carbonyl (C=O) groups excluding carboxylic acids is 1. The van der Waals surface area contributed by atoms with Crippen LogP contribution in [-0.2, 0) is 28.9 Å². The molecule has 4 nitrogen and oxygen atoms in total. The van der Waals surface area contributed by atoms with Gasteiger partial charge in [-0.2, -0.15) is 0 Å². The van der Waals surface area contributed by atoms with E-state index in [1.807, 2.05) is 31.2 Å². The molecule has 1 heterocycles. The van der Waals surface area contributed by atoms with Crippen LogP contribution >= 0.6 is 11.6 Å². The normalized spacial score (nSPS) is 15.5. The van der Waals surface area contributed by atoms with E-state index in [-0.39, 0.29) is 5.97 Å². The van der Waals surface area contributed by atoms with E-state index < -0.39 is 0 Å². The summed E-state index contributed by atoms with van der Waals surface area (Å²) in [5.74, 6) is -0.160. The molecule has 2 aromatic carbocycles. The molecule has 1 fully saturated rings. The summed E-state index contributed by atoms with van der Waals surface area (Å²) in [6.45, 7) is 8.74. The predicted octanol–water partition coefficient (Wildman–Crippen LogP) is 3.81. The van der Waals surface area contributed by atoms with Crippen molar-refractivity contribution in [1.82, 2.24) is 9.80 Å². The lowest BCUT2D eigenvalue weighted by Gasteiger charge is -2.34. The summed E-state index contributed by atoms with van der Waals surface area (Å²) >= 11 is 5.96. The second-order valence-corrected chi connectivity index (χ2v) is 7.73. The molecule has 0 aliphatic carbocycles. The van der Waals surface area contributed by atoms with Crippen molar-refractivity contribution < 1.29 is 9.53 Å². The fourth-order valence-electron chi connectivity index (χ4n) is 3.51. The lowest BCUT2D eigenvalue weighted by Crippen LogP contribution is -2.46. The number of halogens is 1. The van der Waals surface area contributed by atoms with Gasteiger partial charge in [0.05, 0.1) is 13.0 Å². The van der Waals surface area contributed by atoms with Crippen molar-refractivity contribution in [3.05, 3.63) is 70.2 Å². The fraction of sp³-hybridized carbons (Fsp3) is 0.435. The molecular weight excluding hydrogens is 372 g/mol. The summed E-state index contributed by atoms with van der Waals surface area (Å²) in [5, 5.41) is 0.794. The molecule has 3 rings (SSSR count). The number of ether oxygens (including phenoxy) is 1. The lowest BCUT2D eigenvalue weighted by molar-refractivity contribution is -0.142. The van der Waals surface area contributed by atoms with E-state index in [9.17, 15) is 4.79 Å². The third-order valence-corrected chi connectivity index (χ3v) is 5.43. The van der Waals surface area contributed by atoms with Crippen LogP contribution in [0.25, 0.3) is 0 Å². The van der Waals surface area contributed by atoms with E-state index in [1.165, 1.54) is 11.1 Å². The average Bonchev–Trinajstić information content (AvgIpc) is 2.70. The van der Waals surface area contributed by atoms with Crippen LogP contribution in [0.5, 0.6) is 0 Å². The van der Waals surface area contributed by atoms with Crippen molar-refractivity contribution in [3.8, 4) is 0 Å². The summed E-state index contributed by atoms with van der Waals surface area (Å²) in [7, 11) is 0. The molecule has 0 N–H and O–H groups in total. The topological polar surface area (TPSA) is 32.8 Å². The van der Waals surface area contributed by atoms with E-state index >= 15 is 0 Å². The monoisotopic (exact) mass is 400 g/mol. The summed E-state index contributed by atoms with van der Waals surface area (Å²) in [4.78, 5) is 16.6. The minimum absolute atomic E-state index is 0.160. The number of nitrogens with zero attached hydrogens (tertiary/aromatic N) is 2. The molecule has 2 aromatic rings. The number of carbonyl (C=O) groups is 1. The number of hydrogen-bond donors (Lipinski definition) is 0. The Morgan fingerprint density at radius 3 is 2.11 bits per heavy atom. The summed E-state index contributed by atoms with van der Waals surface area (Å²) in [6.07, 6.45) is 1.39. The minimum atomic E-state index is -0.160. The van der Waals surface area contributed by atoms with Crippen LogP contribution in [0.4, 0.5) is 0 Å². The Labute approximate surface area is 173 Å². The van der Waals surface area contributed by atoms with Crippen molar-refractivity contribution in [3.63, 3.8) is 0 Å². The molecule has 150 valence electrons. The third-order valence-electron chi connectivity index (χ3n) is 5.18. The first kappa shape index (κ1) is 20.8. The van der Waals surface area contributed by atoms with Gasteiger partial charge in [0.15, 0.2) is 0 Å². The standard InChI is InChI=1S/C23H29ClN2O2/c1-2-28-23(27)17-20-5-3-19(4-6-20)11-12-25-13-15-26(16-14-25)18-21-7-9-22(24)10-8-21/h3-10H,2,11-18H2,1H3. The first-order valence-electron chi connectivity index (χ1n) is 10.0. The van der Waals surface area contributed by atoms with Gasteiger partial charge in [0, 0.05) is 44.3 Å². The number of hydrogen-bond acceptors (Lipinski definition) is 4. The molecule has 1 saturated heterocycles. The van der Waals surface area contributed by atoms with E-state index in [2.05, 4.69) is 34.1 Å². The first-order valence-corrected chi connectivity index (χ1v) is 10.4. The fourth-order valence-corrected chi connectivity index (χ4v) is 3.63. The molecule has 0 unspecified atom stereocenters. The van der Waals surface area contributed by atoms with Crippen molar-refractivity contribution >= 4 is 17.6 Å². The zero-order valence-electron chi connectivity index (χ0n) is 16.6. The molecule has 0 saturated carbocycles. The van der Waals surface area contributed by atoms with Crippen LogP contribution in [0.3, 0.4) is 0 Å². The SMILES string of the molecule is CCOC(=O)Cc1ccc(CCN2CCN(Cc3ccc(Cl)cc3)CC2)cc1. The molecule has 0 bridgehead atoms. The number of benzene rings is 2. The van der Waals surface area contributed by atoms with Gasteiger partial charge in [-0.05, 0) is 42.2 Å². The predicted molar refractivity (Wildman–Crippen MR) is 114 cm³/mol. The molecule has 0 aromatic heterocycles. The average molecular weight is 401 g/mol. The second kappa shape index (κ2) is 10.6. The Morgan fingerprint density at radius 1 is 0.893 bits per heavy atom. The van der Waals surface area contributed by atoms with E-state index in [4.69, 9.17) is 16.3 Å². The molecule has 1 aliphatic rings. The third kappa shape index (κ3) is 6.62. The van der Waals surface area contributed by atoms with Crippen molar-refractivity contribution in [1.29, 1.82) is 0 Å². The molecule has 28 heavy (non-hydrogen) atoms. The van der Waals surface area contributed by atoms with Crippen LogP contribution in [0.15, 0.2) is 48.5 Å². The maximum absolute atomic E-state index is 11.5. The number of esters is 1. The van der Waals surface area contributed by atoms with E-state index in [1.54, 1.807) is 0 Å². The van der Waals surface area contributed by atoms with Crippen LogP contribution in [0, 0.1) is 0 Å². The first-order chi connectivity index (χ1) is 13.6. The molecule has 0 amide bonds. The number of rotatable bonds is 8. The smallest absolute Gasteiger partial charge is 0.310 e. The zero-order chi connectivity index (χ0) is 19.8. The largest absolute Gasteiger partial charge is 0.466 e. The highest BCUT2D eigenvalue weighted by molar-refractivity contribution is 6.30. The highest BCUT2D eigenvalue weighted by atomic mass is 35.5. The Balaban J connectivity index is 1.38. The van der Waals surface area contributed by atoms with Crippen LogP contribution in [0.1, 0.15) is 23.6 Å². The van der Waals surface area contributed by atoms with Crippen molar-refractivity contribution in [2.24, 2.45) is 0 Å². The highest BCUT2D eigenvalue weighted by Crippen LogP contribution is 2.13. The van der Waals surface area contributed by atoms with Crippen LogP contribution in [-0.4, -0.2) is 55.1 Å². The summed E-state index contributed by atoms with van der Waals surface area (Å²) < 4.78 is 5.00. The van der Waals surface area contributed by atoms with Gasteiger partial charge in [-0.15, -0.1) is 0 Å². The van der Waals surface area contributed by atoms with Gasteiger partial charge in [0.2, 0.25) is 0 Å². The van der Waals surface area contributed by atoms with Gasteiger partial charge in [-0.3, -0.25) is 9.69 Å². The highest BCUT2D eigenvalue weighted by Gasteiger charge is 2.16. The quantitative estimate of drug-likeness (QED) is 0.631. The second-order valence-electron chi connectivity index (χ2n) is 7.29. The lowest BCUT2D eigenvalue weighted by atomic mass is 10.1. The molecular formula is C23H29ClN2O2. The molecule has 0 atom stereocenters. The van der Waals surface area contributed by atoms with E-state index in [0.717, 1.165) is 56.3 Å². The Hall–Kier alpha value is -1.88. The Morgan fingerprint density at radius 2 is 1.46 bits per heavy atom. The molecule has 0 radical (unpaired) electrons. The van der Waals surface area contributed by atoms with Gasteiger partial charge in [-0.25, -0.2) is 0 Å². The number of piperazine rings is 1. The minimum Gasteiger partial charge on any atom is -0.466 e. The van der Waals surface area contributed by atoms with Gasteiger partial charge in [-0.1, -0.05) is 48.0 Å². The van der Waals surface area contributed by atoms with Crippen molar-refractivity contribution in [2.45, 2.75) is 26.3 Å². The summed E-state index contributed by atoms with van der Waals surface area (Å²) in [5.41, 5.74) is 3.65. The van der Waals surface area contributed by atoms with Gasteiger partial charge in [0.1, 0.15) is 0 Å². The Bertz CT molecular complexity index is 738. The molecule has 0 spiro atoms. The zero-order valence-corrected chi connectivity index (χ0v) is 17.3.